The Morgan fingerprint density at radius 2 is 1.83 bits per heavy atom. The quantitative estimate of drug-likeness (QED) is 0.859. The van der Waals surface area contributed by atoms with Crippen LogP contribution in [0.1, 0.15) is 28.9 Å². The van der Waals surface area contributed by atoms with E-state index in [1.807, 2.05) is 0 Å². The Morgan fingerprint density at radius 3 is 2.48 bits per heavy atom. The number of ether oxygens (including phenoxy) is 1. The van der Waals surface area contributed by atoms with Gasteiger partial charge < -0.3 is 15.2 Å². The van der Waals surface area contributed by atoms with Gasteiger partial charge in [-0.2, -0.15) is 0 Å². The van der Waals surface area contributed by atoms with Gasteiger partial charge in [-0.15, -0.1) is 0 Å². The van der Waals surface area contributed by atoms with Crippen molar-refractivity contribution in [3.05, 3.63) is 65.5 Å². The average Bonchev–Trinajstić information content (AvgIpc) is 2.53. The van der Waals surface area contributed by atoms with Gasteiger partial charge in [-0.3, -0.25) is 4.79 Å². The Labute approximate surface area is 132 Å². The van der Waals surface area contributed by atoms with Gasteiger partial charge in [-0.05, 0) is 36.8 Å². The first-order chi connectivity index (χ1) is 11.0. The molecule has 2 N–H and O–H groups in total. The minimum atomic E-state index is -1.12. The number of carboxylic acids is 1. The number of halogens is 1. The predicted molar refractivity (Wildman–Crippen MR) is 81.9 cm³/mol. The van der Waals surface area contributed by atoms with Gasteiger partial charge in [0.25, 0.3) is 5.91 Å². The minimum absolute atomic E-state index is 0.00752. The topological polar surface area (TPSA) is 75.6 Å². The van der Waals surface area contributed by atoms with Crippen LogP contribution in [0.3, 0.4) is 0 Å². The second-order valence-electron chi connectivity index (χ2n) is 4.93. The van der Waals surface area contributed by atoms with Gasteiger partial charge in [0.2, 0.25) is 0 Å². The molecular weight excluding hydrogens is 301 g/mol. The highest BCUT2D eigenvalue weighted by Gasteiger charge is 2.13. The fourth-order valence-corrected chi connectivity index (χ4v) is 2.03. The van der Waals surface area contributed by atoms with E-state index in [2.05, 4.69) is 5.32 Å². The molecule has 0 aliphatic rings. The SMILES string of the molecule is C[C@H](NC(=O)COc1ccccc1C(=O)O)c1ccc(F)cc1. The van der Waals surface area contributed by atoms with Crippen molar-refractivity contribution in [2.45, 2.75) is 13.0 Å². The van der Waals surface area contributed by atoms with Crippen molar-refractivity contribution in [3.8, 4) is 5.75 Å². The van der Waals surface area contributed by atoms with Gasteiger partial charge in [0.15, 0.2) is 6.61 Å². The molecule has 0 saturated heterocycles. The lowest BCUT2D eigenvalue weighted by Gasteiger charge is -2.15. The minimum Gasteiger partial charge on any atom is -0.483 e. The molecule has 0 fully saturated rings. The Bertz CT molecular complexity index is 700. The van der Waals surface area contributed by atoms with Crippen LogP contribution in [0.15, 0.2) is 48.5 Å². The lowest BCUT2D eigenvalue weighted by atomic mass is 10.1. The second-order valence-corrected chi connectivity index (χ2v) is 4.93. The van der Waals surface area contributed by atoms with Crippen LogP contribution >= 0.6 is 0 Å². The lowest BCUT2D eigenvalue weighted by Crippen LogP contribution is -2.31. The van der Waals surface area contributed by atoms with Crippen molar-refractivity contribution in [3.63, 3.8) is 0 Å². The van der Waals surface area contributed by atoms with Crippen molar-refractivity contribution in [1.82, 2.24) is 5.32 Å². The molecule has 2 aromatic carbocycles. The van der Waals surface area contributed by atoms with Gasteiger partial charge in [0.05, 0.1) is 6.04 Å². The standard InChI is InChI=1S/C17H16FNO4/c1-11(12-6-8-13(18)9-7-12)19-16(20)10-23-15-5-3-2-4-14(15)17(21)22/h2-9,11H,10H2,1H3,(H,19,20)(H,21,22)/t11-/m0/s1. The maximum absolute atomic E-state index is 12.9. The highest BCUT2D eigenvalue weighted by molar-refractivity contribution is 5.91. The van der Waals surface area contributed by atoms with Crippen molar-refractivity contribution < 1.29 is 23.8 Å². The van der Waals surface area contributed by atoms with Gasteiger partial charge in [-0.1, -0.05) is 24.3 Å². The number of benzene rings is 2. The van der Waals surface area contributed by atoms with E-state index in [1.165, 1.54) is 24.3 Å². The Balaban J connectivity index is 1.93. The van der Waals surface area contributed by atoms with Crippen LogP contribution in [0.2, 0.25) is 0 Å². The summed E-state index contributed by atoms with van der Waals surface area (Å²) in [5.41, 5.74) is 0.748. The predicted octanol–water partition coefficient (Wildman–Crippen LogP) is 2.78. The van der Waals surface area contributed by atoms with Crippen molar-refractivity contribution in [1.29, 1.82) is 0 Å². The van der Waals surface area contributed by atoms with Crippen molar-refractivity contribution in [2.75, 3.05) is 6.61 Å². The molecule has 0 aliphatic carbocycles. The van der Waals surface area contributed by atoms with E-state index in [9.17, 15) is 14.0 Å². The molecule has 2 aromatic rings. The van der Waals surface area contributed by atoms with Crippen molar-refractivity contribution in [2.24, 2.45) is 0 Å². The van der Waals surface area contributed by atoms with E-state index in [4.69, 9.17) is 9.84 Å². The molecule has 0 bridgehead atoms. The summed E-state index contributed by atoms with van der Waals surface area (Å²) in [7, 11) is 0. The van der Waals surface area contributed by atoms with Gasteiger partial charge in [-0.25, -0.2) is 9.18 Å². The molecule has 5 nitrogen and oxygen atoms in total. The van der Waals surface area contributed by atoms with E-state index in [1.54, 1.807) is 31.2 Å². The summed E-state index contributed by atoms with van der Waals surface area (Å²) in [5.74, 6) is -1.74. The normalized spacial score (nSPS) is 11.6. The molecule has 2 rings (SSSR count). The number of aromatic carboxylic acids is 1. The number of carbonyl (C=O) groups excluding carboxylic acids is 1. The molecule has 0 heterocycles. The first-order valence-corrected chi connectivity index (χ1v) is 6.97. The van der Waals surface area contributed by atoms with Crippen LogP contribution in [-0.2, 0) is 4.79 Å². The molecule has 0 aromatic heterocycles. The average molecular weight is 317 g/mol. The highest BCUT2D eigenvalue weighted by atomic mass is 19.1. The molecule has 0 spiro atoms. The molecule has 120 valence electrons. The summed E-state index contributed by atoms with van der Waals surface area (Å²) in [4.78, 5) is 22.9. The van der Waals surface area contributed by atoms with Crippen LogP contribution < -0.4 is 10.1 Å². The maximum atomic E-state index is 12.9. The fraction of sp³-hybridized carbons (Fsp3) is 0.176. The third-order valence-electron chi connectivity index (χ3n) is 3.22. The third kappa shape index (κ3) is 4.54. The Morgan fingerprint density at radius 1 is 1.17 bits per heavy atom. The fourth-order valence-electron chi connectivity index (χ4n) is 2.03. The summed E-state index contributed by atoms with van der Waals surface area (Å²) in [5, 5.41) is 11.7. The van der Waals surface area contributed by atoms with E-state index >= 15 is 0 Å². The van der Waals surface area contributed by atoms with Crippen LogP contribution in [0.4, 0.5) is 4.39 Å². The lowest BCUT2D eigenvalue weighted by molar-refractivity contribution is -0.123. The Hall–Kier alpha value is -2.89. The maximum Gasteiger partial charge on any atom is 0.339 e. The van der Waals surface area contributed by atoms with E-state index in [-0.39, 0.29) is 29.8 Å². The van der Waals surface area contributed by atoms with Crippen molar-refractivity contribution >= 4 is 11.9 Å². The number of hydrogen-bond donors (Lipinski definition) is 2. The summed E-state index contributed by atoms with van der Waals surface area (Å²) in [6, 6.07) is 11.6. The van der Waals surface area contributed by atoms with E-state index in [0.29, 0.717) is 0 Å². The molecule has 0 radical (unpaired) electrons. The molecule has 0 unspecified atom stereocenters. The number of nitrogens with one attached hydrogen (secondary N) is 1. The summed E-state index contributed by atoms with van der Waals surface area (Å²) in [6.45, 7) is 1.45. The Kier molecular flexibility index (Phi) is 5.30. The highest BCUT2D eigenvalue weighted by Crippen LogP contribution is 2.18. The molecular formula is C17H16FNO4. The zero-order chi connectivity index (χ0) is 16.8. The van der Waals surface area contributed by atoms with Gasteiger partial charge >= 0.3 is 5.97 Å². The van der Waals surface area contributed by atoms with Crippen LogP contribution in [0.5, 0.6) is 5.75 Å². The third-order valence-corrected chi connectivity index (χ3v) is 3.22. The zero-order valence-electron chi connectivity index (χ0n) is 12.5. The molecule has 1 atom stereocenters. The van der Waals surface area contributed by atoms with Crippen LogP contribution in [-0.4, -0.2) is 23.6 Å². The second kappa shape index (κ2) is 7.40. The zero-order valence-corrected chi connectivity index (χ0v) is 12.5. The summed E-state index contributed by atoms with van der Waals surface area (Å²) < 4.78 is 18.1. The smallest absolute Gasteiger partial charge is 0.339 e. The van der Waals surface area contributed by atoms with Crippen LogP contribution in [0, 0.1) is 5.82 Å². The molecule has 1 amide bonds. The number of rotatable bonds is 6. The van der Waals surface area contributed by atoms with Crippen LogP contribution in [0.25, 0.3) is 0 Å². The monoisotopic (exact) mass is 317 g/mol. The largest absolute Gasteiger partial charge is 0.483 e. The molecule has 0 saturated carbocycles. The number of amides is 1. The molecule has 6 heteroatoms. The van der Waals surface area contributed by atoms with Gasteiger partial charge in [0.1, 0.15) is 17.1 Å². The van der Waals surface area contributed by atoms with E-state index < -0.39 is 11.9 Å². The first kappa shape index (κ1) is 16.5. The van der Waals surface area contributed by atoms with Gasteiger partial charge in [0, 0.05) is 0 Å². The van der Waals surface area contributed by atoms with E-state index in [0.717, 1.165) is 5.56 Å². The molecule has 23 heavy (non-hydrogen) atoms. The first-order valence-electron chi connectivity index (χ1n) is 6.97. The molecule has 0 aliphatic heterocycles. The number of carbonyl (C=O) groups is 2. The number of carboxylic acid groups (broad SMARTS) is 1. The number of para-hydroxylation sites is 1. The number of hydrogen-bond acceptors (Lipinski definition) is 3. The summed E-state index contributed by atoms with van der Waals surface area (Å²) in [6.07, 6.45) is 0. The summed E-state index contributed by atoms with van der Waals surface area (Å²) >= 11 is 0.